The first-order chi connectivity index (χ1) is 13.1. The molecule has 0 aliphatic carbocycles. The van der Waals surface area contributed by atoms with Gasteiger partial charge in [0.05, 0.1) is 6.61 Å². The topological polar surface area (TPSA) is 152 Å². The molecule has 2 amide bonds. The molecule has 0 bridgehead atoms. The Labute approximate surface area is 159 Å². The van der Waals surface area contributed by atoms with Crippen molar-refractivity contribution in [3.05, 3.63) is 0 Å². The molecule has 1 aliphatic rings. The third-order valence-electron chi connectivity index (χ3n) is 3.20. The fourth-order valence-electron chi connectivity index (χ4n) is 1.79. The van der Waals surface area contributed by atoms with E-state index in [0.29, 0.717) is 6.42 Å². The van der Waals surface area contributed by atoms with Gasteiger partial charge in [-0.15, -0.1) is 5.06 Å². The van der Waals surface area contributed by atoms with E-state index in [9.17, 15) is 28.8 Å². The van der Waals surface area contributed by atoms with Crippen molar-refractivity contribution in [2.24, 2.45) is 0 Å². The van der Waals surface area contributed by atoms with Crippen molar-refractivity contribution in [3.63, 3.8) is 0 Å². The molecular formula is C16H21NO11. The summed E-state index contributed by atoms with van der Waals surface area (Å²) in [7, 11) is 0. The average molecular weight is 403 g/mol. The third kappa shape index (κ3) is 7.21. The average Bonchev–Trinajstić information content (AvgIpc) is 2.92. The van der Waals surface area contributed by atoms with Crippen molar-refractivity contribution in [1.29, 1.82) is 0 Å². The van der Waals surface area contributed by atoms with Gasteiger partial charge in [-0.25, -0.2) is 14.4 Å². The Balaban J connectivity index is 2.58. The number of hydrogen-bond donors (Lipinski definition) is 0. The zero-order valence-corrected chi connectivity index (χ0v) is 15.6. The van der Waals surface area contributed by atoms with Crippen LogP contribution >= 0.6 is 0 Å². The Kier molecular flexibility index (Phi) is 8.85. The van der Waals surface area contributed by atoms with E-state index in [0.717, 1.165) is 20.3 Å². The Morgan fingerprint density at radius 1 is 1.00 bits per heavy atom. The maximum atomic E-state index is 11.8. The first-order valence-electron chi connectivity index (χ1n) is 8.44. The van der Waals surface area contributed by atoms with Crippen LogP contribution in [0.3, 0.4) is 0 Å². The first-order valence-corrected chi connectivity index (χ1v) is 8.44. The van der Waals surface area contributed by atoms with Crippen molar-refractivity contribution in [1.82, 2.24) is 5.06 Å². The summed E-state index contributed by atoms with van der Waals surface area (Å²) in [5, 5.41) is 0.278. The number of amides is 2. The van der Waals surface area contributed by atoms with Crippen LogP contribution in [0.4, 0.5) is 4.79 Å². The largest absolute Gasteiger partial charge is 0.512 e. The van der Waals surface area contributed by atoms with Crippen molar-refractivity contribution in [3.8, 4) is 0 Å². The number of rotatable bonds is 9. The number of ether oxygens (including phenoxy) is 4. The number of carbonyl (C=O) groups is 6. The highest BCUT2D eigenvalue weighted by atomic mass is 16.8. The van der Waals surface area contributed by atoms with Crippen LogP contribution in [0.2, 0.25) is 0 Å². The minimum absolute atomic E-state index is 0.0200. The van der Waals surface area contributed by atoms with Crippen LogP contribution < -0.4 is 0 Å². The zero-order valence-electron chi connectivity index (χ0n) is 15.6. The van der Waals surface area contributed by atoms with E-state index in [1.54, 1.807) is 0 Å². The van der Waals surface area contributed by atoms with E-state index >= 15 is 0 Å². The molecule has 0 unspecified atom stereocenters. The van der Waals surface area contributed by atoms with Crippen LogP contribution in [-0.2, 0) is 47.8 Å². The Bertz CT molecular complexity index is 629. The highest BCUT2D eigenvalue weighted by molar-refractivity contribution is 6.01. The standard InChI is InChI=1S/C16H21NO11/c1-4-5-8-24-14(22)15(26-10(3)18)27-16(23)25-9(2)13(21)28-17-11(19)6-7-12(17)20/h9,15H,4-8H2,1-3H3/t9-,15-/m0/s1. The maximum Gasteiger partial charge on any atom is 0.512 e. The molecule has 1 fully saturated rings. The van der Waals surface area contributed by atoms with Gasteiger partial charge in [-0.2, -0.15) is 0 Å². The lowest BCUT2D eigenvalue weighted by molar-refractivity contribution is -0.205. The quantitative estimate of drug-likeness (QED) is 0.172. The summed E-state index contributed by atoms with van der Waals surface area (Å²) in [6.07, 6.45) is -4.09. The van der Waals surface area contributed by atoms with E-state index in [2.05, 4.69) is 19.0 Å². The summed E-state index contributed by atoms with van der Waals surface area (Å²) in [5.41, 5.74) is 0. The smallest absolute Gasteiger partial charge is 0.460 e. The monoisotopic (exact) mass is 403 g/mol. The molecule has 0 saturated carbocycles. The van der Waals surface area contributed by atoms with Crippen LogP contribution in [-0.4, -0.2) is 59.9 Å². The summed E-state index contributed by atoms with van der Waals surface area (Å²) in [5.74, 6) is -4.71. The first kappa shape index (κ1) is 22.9. The number of unbranched alkanes of at least 4 members (excludes halogenated alkanes) is 1. The van der Waals surface area contributed by atoms with Gasteiger partial charge in [0.2, 0.25) is 6.10 Å². The van der Waals surface area contributed by atoms with Gasteiger partial charge in [-0.1, -0.05) is 13.3 Å². The predicted octanol–water partition coefficient (Wildman–Crippen LogP) is 0.368. The molecule has 2 atom stereocenters. The van der Waals surface area contributed by atoms with Gasteiger partial charge in [0.1, 0.15) is 0 Å². The zero-order chi connectivity index (χ0) is 21.3. The van der Waals surface area contributed by atoms with Gasteiger partial charge in [0.15, 0.2) is 0 Å². The van der Waals surface area contributed by atoms with Crippen LogP contribution in [0.5, 0.6) is 0 Å². The molecule has 28 heavy (non-hydrogen) atoms. The fourth-order valence-corrected chi connectivity index (χ4v) is 1.79. The highest BCUT2D eigenvalue weighted by Crippen LogP contribution is 2.13. The third-order valence-corrected chi connectivity index (χ3v) is 3.20. The summed E-state index contributed by atoms with van der Waals surface area (Å²) >= 11 is 0. The normalized spacial score (nSPS) is 15.5. The number of esters is 2. The maximum absolute atomic E-state index is 11.8. The molecule has 1 heterocycles. The van der Waals surface area contributed by atoms with Gasteiger partial charge in [-0.05, 0) is 13.3 Å². The Morgan fingerprint density at radius 2 is 1.61 bits per heavy atom. The van der Waals surface area contributed by atoms with Crippen molar-refractivity contribution < 1.29 is 52.6 Å². The van der Waals surface area contributed by atoms with E-state index in [1.165, 1.54) is 0 Å². The predicted molar refractivity (Wildman–Crippen MR) is 85.6 cm³/mol. The van der Waals surface area contributed by atoms with Gasteiger partial charge >= 0.3 is 30.4 Å². The van der Waals surface area contributed by atoms with Gasteiger partial charge in [-0.3, -0.25) is 14.4 Å². The molecule has 0 aromatic rings. The molecule has 1 rings (SSSR count). The molecule has 0 aromatic carbocycles. The number of nitrogens with zero attached hydrogens (tertiary/aromatic N) is 1. The number of imide groups is 1. The van der Waals surface area contributed by atoms with Crippen LogP contribution in [0.1, 0.15) is 46.5 Å². The van der Waals surface area contributed by atoms with E-state index < -0.39 is 48.3 Å². The summed E-state index contributed by atoms with van der Waals surface area (Å²) in [6.45, 7) is 3.93. The lowest BCUT2D eigenvalue weighted by atomic mass is 10.4. The number of hydrogen-bond acceptors (Lipinski definition) is 11. The second-order valence-electron chi connectivity index (χ2n) is 5.58. The van der Waals surface area contributed by atoms with Gasteiger partial charge in [0.25, 0.3) is 11.8 Å². The van der Waals surface area contributed by atoms with Gasteiger partial charge in [0, 0.05) is 19.8 Å². The lowest BCUT2D eigenvalue weighted by Gasteiger charge is -2.18. The van der Waals surface area contributed by atoms with Crippen molar-refractivity contribution in [2.75, 3.05) is 6.61 Å². The summed E-state index contributed by atoms with van der Waals surface area (Å²) in [4.78, 5) is 73.8. The molecule has 12 heteroatoms. The Hall–Kier alpha value is -3.18. The molecule has 0 aromatic heterocycles. The van der Waals surface area contributed by atoms with E-state index in [1.807, 2.05) is 6.92 Å². The van der Waals surface area contributed by atoms with Crippen LogP contribution in [0.25, 0.3) is 0 Å². The molecule has 1 saturated heterocycles. The number of hydroxylamine groups is 2. The van der Waals surface area contributed by atoms with E-state index in [4.69, 9.17) is 4.74 Å². The van der Waals surface area contributed by atoms with Crippen LogP contribution in [0, 0.1) is 0 Å². The fraction of sp³-hybridized carbons (Fsp3) is 0.625. The minimum Gasteiger partial charge on any atom is -0.460 e. The van der Waals surface area contributed by atoms with Crippen molar-refractivity contribution >= 4 is 35.9 Å². The second kappa shape index (κ2) is 10.8. The molecule has 12 nitrogen and oxygen atoms in total. The van der Waals surface area contributed by atoms with E-state index in [-0.39, 0.29) is 24.5 Å². The number of carbonyl (C=O) groups excluding carboxylic acids is 6. The molecule has 0 spiro atoms. The van der Waals surface area contributed by atoms with Gasteiger partial charge < -0.3 is 23.8 Å². The lowest BCUT2D eigenvalue weighted by Crippen LogP contribution is -2.38. The van der Waals surface area contributed by atoms with Crippen molar-refractivity contribution in [2.45, 2.75) is 58.8 Å². The summed E-state index contributed by atoms with van der Waals surface area (Å²) < 4.78 is 18.5. The molecule has 156 valence electrons. The van der Waals surface area contributed by atoms with Crippen LogP contribution in [0.15, 0.2) is 0 Å². The SMILES string of the molecule is CCCCOC(=O)[C@@H](OC(C)=O)OC(=O)O[C@@H](C)C(=O)ON1C(=O)CCC1=O. The molecule has 1 aliphatic heterocycles. The molecule has 0 radical (unpaired) electrons. The Morgan fingerprint density at radius 3 is 2.14 bits per heavy atom. The minimum atomic E-state index is -2.02. The second-order valence-corrected chi connectivity index (χ2v) is 5.58. The molecule has 0 N–H and O–H groups in total. The highest BCUT2D eigenvalue weighted by Gasteiger charge is 2.36. The summed E-state index contributed by atoms with van der Waals surface area (Å²) in [6, 6.07) is 0. The molecular weight excluding hydrogens is 382 g/mol.